The molecule has 1 aliphatic rings. The third-order valence-electron chi connectivity index (χ3n) is 7.01. The van der Waals surface area contributed by atoms with Gasteiger partial charge in [0.15, 0.2) is 0 Å². The molecule has 4 nitrogen and oxygen atoms in total. The maximum absolute atomic E-state index is 11.9. The van der Waals surface area contributed by atoms with Gasteiger partial charge in [-0.2, -0.15) is 0 Å². The van der Waals surface area contributed by atoms with Crippen LogP contribution in [-0.2, 0) is 25.7 Å². The molecule has 2 aromatic rings. The highest BCUT2D eigenvalue weighted by Gasteiger charge is 2.43. The summed E-state index contributed by atoms with van der Waals surface area (Å²) in [5.41, 5.74) is 5.08. The summed E-state index contributed by atoms with van der Waals surface area (Å²) in [7, 11) is 0. The molecule has 1 fully saturated rings. The monoisotopic (exact) mass is 451 g/mol. The van der Waals surface area contributed by atoms with Crippen LogP contribution in [0.4, 0.5) is 4.79 Å². The van der Waals surface area contributed by atoms with Crippen molar-refractivity contribution in [1.29, 1.82) is 0 Å². The van der Waals surface area contributed by atoms with E-state index in [1.807, 2.05) is 0 Å². The fraction of sp³-hybridized carbons (Fsp3) is 0.552. The minimum atomic E-state index is -0.587. The second kappa shape index (κ2) is 9.50. The molecule has 0 spiro atoms. The number of carbonyl (C=O) groups excluding carboxylic acids is 1. The molecule has 0 radical (unpaired) electrons. The Bertz CT molecular complexity index is 875. The van der Waals surface area contributed by atoms with Crippen molar-refractivity contribution in [3.8, 4) is 0 Å². The van der Waals surface area contributed by atoms with Gasteiger partial charge in [-0.1, -0.05) is 90.1 Å². The predicted octanol–water partition coefficient (Wildman–Crippen LogP) is 6.49. The standard InChI is InChI=1S/C29H41NO3/c1-9-32-26(31)33-24-18-25(30-19-24)29(8,22-14-10-20(11-15-22)27(2,3)4)23-16-12-21(13-17-23)28(5,6)7/h10-17,24-25,30H,9,18-19H2,1-8H3/t24-,25?/m1/s1. The quantitative estimate of drug-likeness (QED) is 0.528. The maximum Gasteiger partial charge on any atom is 0.508 e. The largest absolute Gasteiger partial charge is 0.508 e. The van der Waals surface area contributed by atoms with Gasteiger partial charge >= 0.3 is 6.16 Å². The summed E-state index contributed by atoms with van der Waals surface area (Å²) >= 11 is 0. The number of hydrogen-bond acceptors (Lipinski definition) is 4. The SMILES string of the molecule is CCOC(=O)O[C@H]1CNC(C(C)(c2ccc(C(C)(C)C)cc2)c2ccc(C(C)(C)C)cc2)C1. The van der Waals surface area contributed by atoms with Crippen LogP contribution >= 0.6 is 0 Å². The molecule has 0 aromatic heterocycles. The Morgan fingerprint density at radius 2 is 1.24 bits per heavy atom. The highest BCUT2D eigenvalue weighted by molar-refractivity contribution is 5.60. The van der Waals surface area contributed by atoms with E-state index in [1.165, 1.54) is 22.3 Å². The zero-order chi connectivity index (χ0) is 24.4. The van der Waals surface area contributed by atoms with Gasteiger partial charge in [0.05, 0.1) is 6.61 Å². The van der Waals surface area contributed by atoms with E-state index in [2.05, 4.69) is 102 Å². The molecule has 1 unspecified atom stereocenters. The Hall–Kier alpha value is -2.33. The second-order valence-electron chi connectivity index (χ2n) is 11.5. The summed E-state index contributed by atoms with van der Waals surface area (Å²) in [5, 5.41) is 3.65. The van der Waals surface area contributed by atoms with Gasteiger partial charge in [0, 0.05) is 24.4 Å². The lowest BCUT2D eigenvalue weighted by atomic mass is 9.69. The van der Waals surface area contributed by atoms with Gasteiger partial charge in [-0.05, 0) is 46.9 Å². The summed E-state index contributed by atoms with van der Waals surface area (Å²) in [6.45, 7) is 18.5. The third kappa shape index (κ3) is 5.60. The molecule has 0 amide bonds. The van der Waals surface area contributed by atoms with E-state index in [0.717, 1.165) is 6.42 Å². The topological polar surface area (TPSA) is 47.6 Å². The van der Waals surface area contributed by atoms with Gasteiger partial charge < -0.3 is 14.8 Å². The first-order valence-corrected chi connectivity index (χ1v) is 12.1. The summed E-state index contributed by atoms with van der Waals surface area (Å²) in [6, 6.07) is 18.2. The van der Waals surface area contributed by atoms with Crippen LogP contribution in [0.3, 0.4) is 0 Å². The second-order valence-corrected chi connectivity index (χ2v) is 11.5. The molecule has 0 saturated carbocycles. The van der Waals surface area contributed by atoms with E-state index in [1.54, 1.807) is 6.92 Å². The number of benzene rings is 2. The Balaban J connectivity index is 1.97. The Morgan fingerprint density at radius 3 is 1.64 bits per heavy atom. The van der Waals surface area contributed by atoms with Gasteiger partial charge in [-0.25, -0.2) is 4.79 Å². The molecule has 2 atom stereocenters. The number of hydrogen-bond donors (Lipinski definition) is 1. The van der Waals surface area contributed by atoms with Crippen LogP contribution in [0, 0.1) is 0 Å². The fourth-order valence-corrected chi connectivity index (χ4v) is 4.72. The lowest BCUT2D eigenvalue weighted by Gasteiger charge is -2.38. The number of ether oxygens (including phenoxy) is 2. The lowest BCUT2D eigenvalue weighted by molar-refractivity contribution is 0.0314. The maximum atomic E-state index is 11.9. The number of carbonyl (C=O) groups is 1. The zero-order valence-corrected chi connectivity index (χ0v) is 21.6. The van der Waals surface area contributed by atoms with Crippen molar-refractivity contribution in [2.75, 3.05) is 13.2 Å². The van der Waals surface area contributed by atoms with E-state index in [4.69, 9.17) is 9.47 Å². The number of rotatable bonds is 5. The molecular weight excluding hydrogens is 410 g/mol. The minimum Gasteiger partial charge on any atom is -0.435 e. The molecule has 33 heavy (non-hydrogen) atoms. The normalized spacial score (nSPS) is 19.4. The van der Waals surface area contributed by atoms with Gasteiger partial charge in [0.2, 0.25) is 0 Å². The Kier molecular flexibility index (Phi) is 7.28. The summed E-state index contributed by atoms with van der Waals surface area (Å²) in [4.78, 5) is 11.9. The van der Waals surface area contributed by atoms with E-state index in [-0.39, 0.29) is 28.4 Å². The summed E-state index contributed by atoms with van der Waals surface area (Å²) in [5.74, 6) is 0. The predicted molar refractivity (Wildman–Crippen MR) is 135 cm³/mol. The van der Waals surface area contributed by atoms with Crippen molar-refractivity contribution in [2.45, 2.75) is 90.2 Å². The summed E-state index contributed by atoms with van der Waals surface area (Å²) < 4.78 is 10.5. The third-order valence-corrected chi connectivity index (χ3v) is 7.01. The van der Waals surface area contributed by atoms with Crippen LogP contribution in [-0.4, -0.2) is 31.5 Å². The van der Waals surface area contributed by atoms with Crippen LogP contribution in [0.2, 0.25) is 0 Å². The van der Waals surface area contributed by atoms with Crippen molar-refractivity contribution in [3.63, 3.8) is 0 Å². The molecule has 4 heteroatoms. The molecule has 3 rings (SSSR count). The molecule has 1 N–H and O–H groups in total. The van der Waals surface area contributed by atoms with Gasteiger partial charge in [0.25, 0.3) is 0 Å². The van der Waals surface area contributed by atoms with E-state index in [9.17, 15) is 4.79 Å². The summed E-state index contributed by atoms with van der Waals surface area (Å²) in [6.07, 6.45) is -0.0519. The first kappa shape index (κ1) is 25.3. The van der Waals surface area contributed by atoms with Gasteiger partial charge in [-0.15, -0.1) is 0 Å². The smallest absolute Gasteiger partial charge is 0.435 e. The Morgan fingerprint density at radius 1 is 0.818 bits per heavy atom. The minimum absolute atomic E-state index is 0.105. The first-order valence-electron chi connectivity index (χ1n) is 12.1. The molecule has 1 saturated heterocycles. The van der Waals surface area contributed by atoms with Crippen LogP contribution in [0.15, 0.2) is 48.5 Å². The molecule has 0 aliphatic carbocycles. The fourth-order valence-electron chi connectivity index (χ4n) is 4.72. The Labute approximate surface area is 200 Å². The molecule has 2 aromatic carbocycles. The average Bonchev–Trinajstić information content (AvgIpc) is 3.21. The van der Waals surface area contributed by atoms with E-state index < -0.39 is 6.16 Å². The lowest BCUT2D eigenvalue weighted by Crippen LogP contribution is -2.44. The van der Waals surface area contributed by atoms with Crippen molar-refractivity contribution in [2.24, 2.45) is 0 Å². The van der Waals surface area contributed by atoms with Crippen LogP contribution < -0.4 is 5.32 Å². The van der Waals surface area contributed by atoms with Crippen LogP contribution in [0.1, 0.15) is 84.1 Å². The van der Waals surface area contributed by atoms with Crippen molar-refractivity contribution in [3.05, 3.63) is 70.8 Å². The first-order chi connectivity index (χ1) is 15.4. The molecule has 0 bridgehead atoms. The molecule has 1 heterocycles. The molecular formula is C29H41NO3. The van der Waals surface area contributed by atoms with E-state index >= 15 is 0 Å². The van der Waals surface area contributed by atoms with Crippen LogP contribution in [0.5, 0.6) is 0 Å². The molecule has 1 aliphatic heterocycles. The highest BCUT2D eigenvalue weighted by Crippen LogP contribution is 2.40. The van der Waals surface area contributed by atoms with Crippen molar-refractivity contribution >= 4 is 6.16 Å². The highest BCUT2D eigenvalue weighted by atomic mass is 16.7. The van der Waals surface area contributed by atoms with Crippen molar-refractivity contribution < 1.29 is 14.3 Å². The van der Waals surface area contributed by atoms with E-state index in [0.29, 0.717) is 13.2 Å². The van der Waals surface area contributed by atoms with Gasteiger partial charge in [0.1, 0.15) is 6.10 Å². The van der Waals surface area contributed by atoms with Gasteiger partial charge in [-0.3, -0.25) is 0 Å². The average molecular weight is 452 g/mol. The van der Waals surface area contributed by atoms with Crippen LogP contribution in [0.25, 0.3) is 0 Å². The number of nitrogens with one attached hydrogen (secondary N) is 1. The molecule has 180 valence electrons. The van der Waals surface area contributed by atoms with Crippen molar-refractivity contribution in [1.82, 2.24) is 5.32 Å². The zero-order valence-electron chi connectivity index (χ0n) is 21.6.